The van der Waals surface area contributed by atoms with Gasteiger partial charge in [-0.2, -0.15) is 0 Å². The first kappa shape index (κ1) is 18.7. The number of thioether (sulfide) groups is 1. The number of H-pyrrole nitrogens is 1. The van der Waals surface area contributed by atoms with Gasteiger partial charge >= 0.3 is 0 Å². The highest BCUT2D eigenvalue weighted by Gasteiger charge is 2.34. The van der Waals surface area contributed by atoms with Gasteiger partial charge in [-0.1, -0.05) is 48.2 Å². The highest BCUT2D eigenvalue weighted by molar-refractivity contribution is 8.00. The molecule has 7 heteroatoms. The molecular weight excluding hydrogens is 406 g/mol. The van der Waals surface area contributed by atoms with Crippen molar-refractivity contribution in [3.63, 3.8) is 0 Å². The Balaban J connectivity index is 1.30. The fourth-order valence-electron chi connectivity index (χ4n) is 4.45. The molecule has 0 bridgehead atoms. The Morgan fingerprint density at radius 2 is 1.94 bits per heavy atom. The average Bonchev–Trinajstić information content (AvgIpc) is 3.22. The monoisotopic (exact) mass is 429 g/mol. The number of aromatic nitrogens is 4. The summed E-state index contributed by atoms with van der Waals surface area (Å²) in [6.07, 6.45) is 5.19. The van der Waals surface area contributed by atoms with Crippen LogP contribution in [0.15, 0.2) is 59.9 Å². The van der Waals surface area contributed by atoms with Gasteiger partial charge in [0.15, 0.2) is 11.0 Å². The molecule has 156 valence electrons. The zero-order chi connectivity index (χ0) is 20.9. The quantitative estimate of drug-likeness (QED) is 0.462. The van der Waals surface area contributed by atoms with Crippen LogP contribution in [0.3, 0.4) is 0 Å². The molecule has 2 aliphatic rings. The van der Waals surface area contributed by atoms with Gasteiger partial charge in [0.2, 0.25) is 5.91 Å². The van der Waals surface area contributed by atoms with Crippen molar-refractivity contribution in [3.8, 4) is 11.4 Å². The second-order valence-electron chi connectivity index (χ2n) is 8.28. The second-order valence-corrected chi connectivity index (χ2v) is 9.59. The molecule has 0 saturated heterocycles. The summed E-state index contributed by atoms with van der Waals surface area (Å²) in [6, 6.07) is 16.8. The highest BCUT2D eigenvalue weighted by atomic mass is 32.2. The number of nitrogens with zero attached hydrogens (tertiary/aromatic N) is 4. The van der Waals surface area contributed by atoms with Gasteiger partial charge in [-0.25, -0.2) is 0 Å². The van der Waals surface area contributed by atoms with Crippen LogP contribution in [-0.2, 0) is 11.2 Å². The Hall–Kier alpha value is -3.06. The molecule has 1 atom stereocenters. The fraction of sp³-hybridized carbons (Fsp3) is 0.292. The van der Waals surface area contributed by atoms with E-state index >= 15 is 0 Å². The van der Waals surface area contributed by atoms with Crippen LogP contribution in [-0.4, -0.2) is 37.5 Å². The lowest BCUT2D eigenvalue weighted by Crippen LogP contribution is -2.35. The summed E-state index contributed by atoms with van der Waals surface area (Å²) in [5.41, 5.74) is 4.45. The molecule has 1 aliphatic carbocycles. The average molecular weight is 430 g/mol. The summed E-state index contributed by atoms with van der Waals surface area (Å²) in [5.74, 6) is 1.02. The molecular formula is C24H23N5OS. The summed E-state index contributed by atoms with van der Waals surface area (Å²) in [6.45, 7) is 2.73. The van der Waals surface area contributed by atoms with E-state index in [4.69, 9.17) is 0 Å². The molecule has 0 spiro atoms. The molecule has 1 saturated carbocycles. The first-order valence-corrected chi connectivity index (χ1v) is 11.7. The number of carbonyl (C=O) groups excluding carboxylic acids is 1. The van der Waals surface area contributed by atoms with Crippen molar-refractivity contribution >= 4 is 34.3 Å². The van der Waals surface area contributed by atoms with Gasteiger partial charge in [0, 0.05) is 40.9 Å². The standard InChI is InChI=1S/C24H23N5OS/c1-15(23(30)28-13-12-16-6-2-5-9-21(16)28)31-24-27-26-22(29(24)17-10-11-17)19-14-25-20-8-4-3-7-18(19)20/h2-9,14-15,17,25H,10-13H2,1H3. The molecule has 6 nitrogen and oxygen atoms in total. The Bertz CT molecular complexity index is 1290. The number of hydrogen-bond donors (Lipinski definition) is 1. The number of benzene rings is 2. The lowest BCUT2D eigenvalue weighted by atomic mass is 10.1. The minimum atomic E-state index is -0.233. The van der Waals surface area contributed by atoms with Crippen molar-refractivity contribution in [2.75, 3.05) is 11.4 Å². The van der Waals surface area contributed by atoms with Crippen LogP contribution in [0.4, 0.5) is 5.69 Å². The molecule has 1 unspecified atom stereocenters. The SMILES string of the molecule is CC(Sc1nnc(-c2c[nH]c3ccccc23)n1C1CC1)C(=O)N1CCc2ccccc21. The molecule has 6 rings (SSSR count). The number of fused-ring (bicyclic) bond motifs is 2. The first-order valence-electron chi connectivity index (χ1n) is 10.8. The number of hydrogen-bond acceptors (Lipinski definition) is 4. The molecule has 1 N–H and O–H groups in total. The van der Waals surface area contributed by atoms with E-state index in [2.05, 4.69) is 37.9 Å². The van der Waals surface area contributed by atoms with E-state index in [1.165, 1.54) is 17.3 Å². The van der Waals surface area contributed by atoms with E-state index in [1.54, 1.807) is 0 Å². The number of nitrogens with one attached hydrogen (secondary N) is 1. The molecule has 2 aromatic heterocycles. The molecule has 1 amide bonds. The maximum absolute atomic E-state index is 13.3. The topological polar surface area (TPSA) is 66.8 Å². The highest BCUT2D eigenvalue weighted by Crippen LogP contribution is 2.43. The van der Waals surface area contributed by atoms with Gasteiger partial charge in [0.25, 0.3) is 0 Å². The van der Waals surface area contributed by atoms with Crippen LogP contribution < -0.4 is 4.90 Å². The molecule has 3 heterocycles. The summed E-state index contributed by atoms with van der Waals surface area (Å²) in [7, 11) is 0. The lowest BCUT2D eigenvalue weighted by molar-refractivity contribution is -0.117. The number of aromatic amines is 1. The van der Waals surface area contributed by atoms with Crippen LogP contribution in [0.5, 0.6) is 0 Å². The van der Waals surface area contributed by atoms with Gasteiger partial charge in [-0.05, 0) is 43.9 Å². The smallest absolute Gasteiger partial charge is 0.240 e. The molecule has 4 aromatic rings. The minimum Gasteiger partial charge on any atom is -0.360 e. The zero-order valence-electron chi connectivity index (χ0n) is 17.3. The van der Waals surface area contributed by atoms with Crippen LogP contribution in [0, 0.1) is 0 Å². The fourth-order valence-corrected chi connectivity index (χ4v) is 5.44. The Kier molecular flexibility index (Phi) is 4.38. The van der Waals surface area contributed by atoms with Crippen molar-refractivity contribution < 1.29 is 4.79 Å². The van der Waals surface area contributed by atoms with Crippen molar-refractivity contribution in [2.45, 2.75) is 42.6 Å². The van der Waals surface area contributed by atoms with Crippen LogP contribution >= 0.6 is 11.8 Å². The van der Waals surface area contributed by atoms with E-state index in [1.807, 2.05) is 48.4 Å². The van der Waals surface area contributed by atoms with E-state index in [9.17, 15) is 4.79 Å². The van der Waals surface area contributed by atoms with Crippen LogP contribution in [0.25, 0.3) is 22.3 Å². The van der Waals surface area contributed by atoms with E-state index in [0.717, 1.165) is 58.9 Å². The molecule has 1 aliphatic heterocycles. The van der Waals surface area contributed by atoms with Gasteiger partial charge in [0.05, 0.1) is 5.25 Å². The van der Waals surface area contributed by atoms with Crippen LogP contribution in [0.2, 0.25) is 0 Å². The predicted octanol–water partition coefficient (Wildman–Crippen LogP) is 4.83. The minimum absolute atomic E-state index is 0.133. The van der Waals surface area contributed by atoms with Crippen LogP contribution in [0.1, 0.15) is 31.4 Å². The van der Waals surface area contributed by atoms with Crippen molar-refractivity contribution in [1.29, 1.82) is 0 Å². The summed E-state index contributed by atoms with van der Waals surface area (Å²) in [5, 5.41) is 10.8. The molecule has 0 radical (unpaired) electrons. The Morgan fingerprint density at radius 3 is 2.81 bits per heavy atom. The lowest BCUT2D eigenvalue weighted by Gasteiger charge is -2.21. The van der Waals surface area contributed by atoms with Gasteiger partial charge in [-0.3, -0.25) is 9.36 Å². The Morgan fingerprint density at radius 1 is 1.13 bits per heavy atom. The van der Waals surface area contributed by atoms with Crippen molar-refractivity contribution in [1.82, 2.24) is 19.7 Å². The maximum atomic E-state index is 13.3. The number of rotatable bonds is 5. The first-order chi connectivity index (χ1) is 15.2. The summed E-state index contributed by atoms with van der Waals surface area (Å²) < 4.78 is 2.24. The third-order valence-electron chi connectivity index (χ3n) is 6.19. The number of amides is 1. The van der Waals surface area contributed by atoms with E-state index < -0.39 is 0 Å². The molecule has 31 heavy (non-hydrogen) atoms. The van der Waals surface area contributed by atoms with E-state index in [-0.39, 0.29) is 11.2 Å². The molecule has 1 fully saturated rings. The molecule has 2 aromatic carbocycles. The number of anilines is 1. The zero-order valence-corrected chi connectivity index (χ0v) is 18.1. The summed E-state index contributed by atoms with van der Waals surface area (Å²) in [4.78, 5) is 18.5. The Labute approximate surface area is 184 Å². The third-order valence-corrected chi connectivity index (χ3v) is 7.23. The maximum Gasteiger partial charge on any atom is 0.240 e. The largest absolute Gasteiger partial charge is 0.360 e. The van der Waals surface area contributed by atoms with Gasteiger partial charge in [0.1, 0.15) is 0 Å². The van der Waals surface area contributed by atoms with Gasteiger partial charge < -0.3 is 9.88 Å². The predicted molar refractivity (Wildman–Crippen MR) is 123 cm³/mol. The number of para-hydroxylation sites is 2. The van der Waals surface area contributed by atoms with Crippen molar-refractivity contribution in [3.05, 3.63) is 60.3 Å². The second kappa shape index (κ2) is 7.27. The number of carbonyl (C=O) groups is 1. The third kappa shape index (κ3) is 3.15. The summed E-state index contributed by atoms with van der Waals surface area (Å²) >= 11 is 1.52. The van der Waals surface area contributed by atoms with E-state index in [0.29, 0.717) is 6.04 Å². The van der Waals surface area contributed by atoms with Gasteiger partial charge in [-0.15, -0.1) is 10.2 Å². The van der Waals surface area contributed by atoms with Crippen molar-refractivity contribution in [2.24, 2.45) is 0 Å². The normalized spacial score (nSPS) is 16.6.